The number of amides is 3. The molecular weight excluding hydrogens is 518 g/mol. The molecule has 4 aliphatic heterocycles. The highest BCUT2D eigenvalue weighted by Gasteiger charge is 2.76. The van der Waals surface area contributed by atoms with Crippen molar-refractivity contribution in [2.45, 2.75) is 74.1 Å². The first-order chi connectivity index (χ1) is 18.9. The Morgan fingerprint density at radius 1 is 1.30 bits per heavy atom. The van der Waals surface area contributed by atoms with Crippen LogP contribution in [0.3, 0.4) is 0 Å². The third kappa shape index (κ3) is 3.84. The van der Waals surface area contributed by atoms with Crippen molar-refractivity contribution in [1.82, 2.24) is 25.8 Å². The fraction of sp³-hybridized carbons (Fsp3) is 0.615. The third-order valence-corrected chi connectivity index (χ3v) is 9.03. The molecule has 0 radical (unpaired) electrons. The van der Waals surface area contributed by atoms with Crippen LogP contribution in [0.5, 0.6) is 5.75 Å². The van der Waals surface area contributed by atoms with Gasteiger partial charge in [-0.3, -0.25) is 20.4 Å². The standard InChI is InChI=1S/C26H37N9O5/c1-24(2)9-10-40-18-14(5-4-6-15(18)24)20(36)31-17-12-35-22(28)30-16(11-29-23(37)34(3)13-7-8-13)19-25(35,26(17,38)39)33-21(27)32-19/h4-6,13,16-17,19,38-39H,7-12H2,1-3H3,(H2,28,30)(H,29,37)(H,31,36)(H3,27,32,33)/p+1/t16-,17?,19-,25-/m0/s1. The lowest BCUT2D eigenvalue weighted by atomic mass is 9.79. The zero-order valence-corrected chi connectivity index (χ0v) is 22.9. The van der Waals surface area contributed by atoms with Gasteiger partial charge in [-0.1, -0.05) is 26.0 Å². The SMILES string of the molecule is CN(C(=O)NC[C@@H]1N=C(N)N2CC(NC(=O)c3cccc4c3OCCC4(C)C)C(O)(O)[C@@]23NC(N)=[NH+][C@@H]13)C1CC1. The van der Waals surface area contributed by atoms with E-state index in [9.17, 15) is 19.8 Å². The van der Waals surface area contributed by atoms with Crippen LogP contribution in [0.15, 0.2) is 23.2 Å². The van der Waals surface area contributed by atoms with Gasteiger partial charge in [-0.05, 0) is 30.7 Å². The number of nitrogens with two attached hydrogens (primary N) is 2. The van der Waals surface area contributed by atoms with E-state index in [1.165, 1.54) is 4.90 Å². The molecule has 0 aromatic heterocycles. The second kappa shape index (κ2) is 8.86. The molecule has 1 aromatic carbocycles. The smallest absolute Gasteiger partial charge is 0.343 e. The van der Waals surface area contributed by atoms with Gasteiger partial charge in [0.05, 0.1) is 18.7 Å². The summed E-state index contributed by atoms with van der Waals surface area (Å²) in [5, 5.41) is 32.1. The zero-order valence-electron chi connectivity index (χ0n) is 22.9. The largest absolute Gasteiger partial charge is 0.492 e. The maximum absolute atomic E-state index is 13.6. The van der Waals surface area contributed by atoms with Crippen molar-refractivity contribution in [2.75, 3.05) is 26.7 Å². The first kappa shape index (κ1) is 26.4. The van der Waals surface area contributed by atoms with Crippen LogP contribution in [0, 0.1) is 0 Å². The van der Waals surface area contributed by atoms with Gasteiger partial charge in [-0.2, -0.15) is 0 Å². The number of carbonyl (C=O) groups excluding carboxylic acids is 2. The van der Waals surface area contributed by atoms with Gasteiger partial charge in [0.1, 0.15) is 17.8 Å². The van der Waals surface area contributed by atoms with Crippen LogP contribution in [-0.4, -0.2) is 106 Å². The number of aliphatic hydroxyl groups is 2. The number of hydrogen-bond donors (Lipinski definition) is 8. The normalized spacial score (nSPS) is 30.9. The predicted molar refractivity (Wildman–Crippen MR) is 144 cm³/mol. The summed E-state index contributed by atoms with van der Waals surface area (Å²) >= 11 is 0. The number of benzene rings is 1. The van der Waals surface area contributed by atoms with Gasteiger partial charge < -0.3 is 36.2 Å². The minimum absolute atomic E-state index is 0.0291. The second-order valence-corrected chi connectivity index (χ2v) is 12.0. The molecule has 2 fully saturated rings. The average molecular weight is 557 g/mol. The van der Waals surface area contributed by atoms with Crippen molar-refractivity contribution in [3.05, 3.63) is 29.3 Å². The molecule has 4 atom stereocenters. The number of aliphatic imine (C=N–C) groups is 1. The fourth-order valence-electron chi connectivity index (χ4n) is 6.47. The van der Waals surface area contributed by atoms with Crippen molar-refractivity contribution >= 4 is 23.9 Å². The summed E-state index contributed by atoms with van der Waals surface area (Å²) in [5.74, 6) is -2.44. The number of ether oxygens (including phenoxy) is 1. The predicted octanol–water partition coefficient (Wildman–Crippen LogP) is -3.59. The summed E-state index contributed by atoms with van der Waals surface area (Å²) in [6.07, 6.45) is 2.75. The molecule has 10 N–H and O–H groups in total. The van der Waals surface area contributed by atoms with Crippen molar-refractivity contribution in [2.24, 2.45) is 16.5 Å². The fourth-order valence-corrected chi connectivity index (χ4v) is 6.47. The van der Waals surface area contributed by atoms with E-state index in [0.29, 0.717) is 17.9 Å². The number of nitrogens with one attached hydrogen (secondary N) is 4. The summed E-state index contributed by atoms with van der Waals surface area (Å²) < 4.78 is 5.90. The molecule has 40 heavy (non-hydrogen) atoms. The highest BCUT2D eigenvalue weighted by Crippen LogP contribution is 2.43. The monoisotopic (exact) mass is 556 g/mol. The average Bonchev–Trinajstić information content (AvgIpc) is 3.64. The van der Waals surface area contributed by atoms with Crippen LogP contribution < -0.4 is 37.1 Å². The molecule has 1 spiro atoms. The Bertz CT molecular complexity index is 1310. The van der Waals surface area contributed by atoms with E-state index in [1.807, 2.05) is 6.07 Å². The van der Waals surface area contributed by atoms with E-state index in [-0.39, 0.29) is 42.5 Å². The van der Waals surface area contributed by atoms with Gasteiger partial charge in [0.2, 0.25) is 5.79 Å². The molecular formula is C26H38N9O5+. The molecule has 5 aliphatic rings. The zero-order chi connectivity index (χ0) is 28.6. The molecule has 0 bridgehead atoms. The molecule has 1 saturated heterocycles. The molecule has 4 heterocycles. The van der Waals surface area contributed by atoms with Crippen LogP contribution in [0.1, 0.15) is 49.0 Å². The highest BCUT2D eigenvalue weighted by molar-refractivity contribution is 5.98. The minimum atomic E-state index is -2.55. The Hall–Kier alpha value is -3.78. The molecule has 14 heteroatoms. The molecule has 1 unspecified atom stereocenters. The highest BCUT2D eigenvalue weighted by atomic mass is 16.5. The van der Waals surface area contributed by atoms with E-state index in [2.05, 4.69) is 39.8 Å². The van der Waals surface area contributed by atoms with Gasteiger partial charge in [-0.25, -0.2) is 15.1 Å². The molecule has 1 aliphatic carbocycles. The van der Waals surface area contributed by atoms with E-state index >= 15 is 0 Å². The van der Waals surface area contributed by atoms with Gasteiger partial charge >= 0.3 is 12.0 Å². The maximum Gasteiger partial charge on any atom is 0.343 e. The first-order valence-corrected chi connectivity index (χ1v) is 13.7. The number of rotatable bonds is 5. The summed E-state index contributed by atoms with van der Waals surface area (Å²) in [7, 11) is 1.74. The maximum atomic E-state index is 13.6. The molecule has 6 rings (SSSR count). The summed E-state index contributed by atoms with van der Waals surface area (Å²) in [4.78, 5) is 36.9. The number of carbonyl (C=O) groups is 2. The summed E-state index contributed by atoms with van der Waals surface area (Å²) in [5.41, 5.74) is 11.9. The molecule has 14 nitrogen and oxygen atoms in total. The van der Waals surface area contributed by atoms with Crippen LogP contribution in [-0.2, 0) is 5.41 Å². The molecule has 216 valence electrons. The third-order valence-electron chi connectivity index (χ3n) is 9.03. The molecule has 3 amide bonds. The Labute approximate surface area is 231 Å². The number of nitrogens with zero attached hydrogens (tertiary/aromatic N) is 3. The summed E-state index contributed by atoms with van der Waals surface area (Å²) in [6, 6.07) is 2.71. The lowest BCUT2D eigenvalue weighted by Crippen LogP contribution is -2.90. The quantitative estimate of drug-likeness (QED) is 0.169. The number of hydrogen-bond acceptors (Lipinski definition) is 10. The van der Waals surface area contributed by atoms with E-state index in [1.54, 1.807) is 24.1 Å². The molecule has 1 saturated carbocycles. The van der Waals surface area contributed by atoms with Crippen LogP contribution in [0.25, 0.3) is 0 Å². The Balaban J connectivity index is 1.26. The van der Waals surface area contributed by atoms with E-state index in [0.717, 1.165) is 24.8 Å². The Morgan fingerprint density at radius 3 is 2.77 bits per heavy atom. The van der Waals surface area contributed by atoms with E-state index in [4.69, 9.17) is 16.2 Å². The number of para-hydroxylation sites is 1. The number of urea groups is 1. The molecule has 1 aromatic rings. The van der Waals surface area contributed by atoms with Gasteiger partial charge in [0.25, 0.3) is 11.6 Å². The van der Waals surface area contributed by atoms with Gasteiger partial charge in [-0.15, -0.1) is 0 Å². The van der Waals surface area contributed by atoms with Crippen molar-refractivity contribution in [3.8, 4) is 5.75 Å². The van der Waals surface area contributed by atoms with E-state index < -0.39 is 35.5 Å². The van der Waals surface area contributed by atoms with Gasteiger partial charge in [0.15, 0.2) is 12.0 Å². The second-order valence-electron chi connectivity index (χ2n) is 12.0. The lowest BCUT2D eigenvalue weighted by molar-refractivity contribution is -0.521. The van der Waals surface area contributed by atoms with Crippen molar-refractivity contribution in [3.63, 3.8) is 0 Å². The topological polar surface area (TPSA) is 205 Å². The lowest BCUT2D eigenvalue weighted by Gasteiger charge is -2.46. The first-order valence-electron chi connectivity index (χ1n) is 13.7. The van der Waals surface area contributed by atoms with Crippen LogP contribution in [0.2, 0.25) is 0 Å². The number of fused-ring (bicyclic) bond motifs is 1. The summed E-state index contributed by atoms with van der Waals surface area (Å²) in [6.45, 7) is 4.69. The van der Waals surface area contributed by atoms with Crippen molar-refractivity contribution in [1.29, 1.82) is 0 Å². The number of guanidine groups is 2. The van der Waals surface area contributed by atoms with Crippen LogP contribution >= 0.6 is 0 Å². The van der Waals surface area contributed by atoms with Crippen LogP contribution in [0.4, 0.5) is 4.79 Å². The Kier molecular flexibility index (Phi) is 5.86. The van der Waals surface area contributed by atoms with Gasteiger partial charge in [0, 0.05) is 25.2 Å². The van der Waals surface area contributed by atoms with Crippen molar-refractivity contribution < 1.29 is 29.5 Å². The minimum Gasteiger partial charge on any atom is -0.492 e. The Morgan fingerprint density at radius 2 is 2.05 bits per heavy atom.